The molecule has 78 valence electrons. The molecule has 0 aliphatic carbocycles. The fourth-order valence-corrected chi connectivity index (χ4v) is 2.66. The van der Waals surface area contributed by atoms with E-state index in [0.29, 0.717) is 6.04 Å². The second-order valence-corrected chi connectivity index (χ2v) is 4.61. The first-order valence-electron chi connectivity index (χ1n) is 5.09. The highest BCUT2D eigenvalue weighted by molar-refractivity contribution is 7.17. The lowest BCUT2D eigenvalue weighted by molar-refractivity contribution is 0.789. The molecule has 0 bridgehead atoms. The highest BCUT2D eigenvalue weighted by Crippen LogP contribution is 2.25. The van der Waals surface area contributed by atoms with E-state index in [9.17, 15) is 0 Å². The van der Waals surface area contributed by atoms with Crippen molar-refractivity contribution in [3.8, 4) is 0 Å². The van der Waals surface area contributed by atoms with Crippen molar-refractivity contribution in [1.29, 1.82) is 0 Å². The first-order chi connectivity index (χ1) is 7.43. The number of fused-ring (bicyclic) bond motifs is 1. The van der Waals surface area contributed by atoms with Gasteiger partial charge in [0.05, 0.1) is 10.2 Å². The zero-order valence-corrected chi connectivity index (χ0v) is 9.05. The summed E-state index contributed by atoms with van der Waals surface area (Å²) in [6.45, 7) is 2.12. The van der Waals surface area contributed by atoms with Crippen LogP contribution in [0.3, 0.4) is 0 Å². The van der Waals surface area contributed by atoms with E-state index in [0.717, 1.165) is 35.5 Å². The van der Waals surface area contributed by atoms with Crippen LogP contribution in [0.25, 0.3) is 10.2 Å². The Kier molecular flexibility index (Phi) is 2.26. The maximum Gasteiger partial charge on any atom is 0.147 e. The van der Waals surface area contributed by atoms with Gasteiger partial charge in [-0.05, 0) is 24.4 Å². The number of hydrogen-bond donors (Lipinski definition) is 2. The van der Waals surface area contributed by atoms with Crippen LogP contribution >= 0.6 is 11.3 Å². The van der Waals surface area contributed by atoms with Gasteiger partial charge in [-0.25, -0.2) is 9.97 Å². The van der Waals surface area contributed by atoms with E-state index >= 15 is 0 Å². The molecule has 1 atom stereocenters. The number of nitrogens with one attached hydrogen (secondary N) is 2. The molecular formula is C10H12N4S. The Morgan fingerprint density at radius 1 is 1.47 bits per heavy atom. The van der Waals surface area contributed by atoms with Gasteiger partial charge < -0.3 is 10.6 Å². The van der Waals surface area contributed by atoms with Crippen molar-refractivity contribution in [2.45, 2.75) is 12.5 Å². The minimum absolute atomic E-state index is 0.505. The largest absolute Gasteiger partial charge is 0.365 e. The summed E-state index contributed by atoms with van der Waals surface area (Å²) in [5.41, 5.74) is 1.03. The molecule has 15 heavy (non-hydrogen) atoms. The molecular weight excluding hydrogens is 208 g/mol. The van der Waals surface area contributed by atoms with Crippen LogP contribution in [0.1, 0.15) is 6.42 Å². The highest BCUT2D eigenvalue weighted by Gasteiger charge is 2.15. The van der Waals surface area contributed by atoms with Gasteiger partial charge in [-0.3, -0.25) is 0 Å². The molecule has 2 N–H and O–H groups in total. The number of thiophene rings is 1. The molecule has 2 aromatic heterocycles. The first-order valence-corrected chi connectivity index (χ1v) is 5.97. The van der Waals surface area contributed by atoms with Crippen molar-refractivity contribution in [2.75, 3.05) is 18.4 Å². The van der Waals surface area contributed by atoms with Gasteiger partial charge in [0.15, 0.2) is 0 Å². The van der Waals surface area contributed by atoms with E-state index in [4.69, 9.17) is 0 Å². The molecule has 0 radical (unpaired) electrons. The van der Waals surface area contributed by atoms with Crippen LogP contribution in [0.15, 0.2) is 17.8 Å². The Morgan fingerprint density at radius 2 is 2.47 bits per heavy atom. The van der Waals surface area contributed by atoms with Crippen LogP contribution < -0.4 is 10.6 Å². The molecule has 1 unspecified atom stereocenters. The van der Waals surface area contributed by atoms with Crippen molar-refractivity contribution >= 4 is 27.4 Å². The Bertz CT molecular complexity index is 461. The molecule has 0 spiro atoms. The van der Waals surface area contributed by atoms with Gasteiger partial charge in [0.1, 0.15) is 12.1 Å². The molecule has 1 aliphatic rings. The quantitative estimate of drug-likeness (QED) is 0.804. The summed E-state index contributed by atoms with van der Waals surface area (Å²) in [4.78, 5) is 8.52. The Hall–Kier alpha value is -1.20. The zero-order valence-electron chi connectivity index (χ0n) is 8.23. The van der Waals surface area contributed by atoms with E-state index < -0.39 is 0 Å². The molecule has 1 fully saturated rings. The van der Waals surface area contributed by atoms with E-state index in [1.165, 1.54) is 0 Å². The van der Waals surface area contributed by atoms with E-state index in [2.05, 4.69) is 26.0 Å². The second kappa shape index (κ2) is 3.75. The number of aromatic nitrogens is 2. The summed E-state index contributed by atoms with van der Waals surface area (Å²) in [6.07, 6.45) is 2.79. The molecule has 0 amide bonds. The molecule has 1 saturated heterocycles. The lowest BCUT2D eigenvalue weighted by atomic mass is 10.2. The van der Waals surface area contributed by atoms with E-state index in [1.54, 1.807) is 17.7 Å². The molecule has 4 nitrogen and oxygen atoms in total. The number of anilines is 1. The molecule has 5 heteroatoms. The smallest absolute Gasteiger partial charge is 0.147 e. The average molecular weight is 220 g/mol. The summed E-state index contributed by atoms with van der Waals surface area (Å²) < 4.78 is 1.16. The fraction of sp³-hybridized carbons (Fsp3) is 0.400. The summed E-state index contributed by atoms with van der Waals surface area (Å²) in [6, 6.07) is 2.53. The monoisotopic (exact) mass is 220 g/mol. The normalized spacial score (nSPS) is 20.9. The van der Waals surface area contributed by atoms with Crippen LogP contribution in [0.4, 0.5) is 5.82 Å². The van der Waals surface area contributed by atoms with Gasteiger partial charge in [-0.15, -0.1) is 11.3 Å². The van der Waals surface area contributed by atoms with E-state index in [1.807, 2.05) is 6.07 Å². The second-order valence-electron chi connectivity index (χ2n) is 3.69. The molecule has 1 aliphatic heterocycles. The third kappa shape index (κ3) is 1.68. The minimum Gasteiger partial charge on any atom is -0.365 e. The molecule has 0 aromatic carbocycles. The van der Waals surface area contributed by atoms with Crippen molar-refractivity contribution in [3.05, 3.63) is 17.8 Å². The molecule has 0 saturated carbocycles. The maximum absolute atomic E-state index is 4.30. The zero-order chi connectivity index (χ0) is 10.1. The standard InChI is InChI=1S/C10H12N4S/c1-3-11-5-7(1)14-10-9-8(2-4-15-9)12-6-13-10/h2,4,6-7,11H,1,3,5H2,(H,12,13,14). The Labute approximate surface area is 91.7 Å². The van der Waals surface area contributed by atoms with Crippen molar-refractivity contribution in [1.82, 2.24) is 15.3 Å². The van der Waals surface area contributed by atoms with Crippen LogP contribution in [-0.2, 0) is 0 Å². The third-order valence-electron chi connectivity index (χ3n) is 2.64. The van der Waals surface area contributed by atoms with Crippen LogP contribution in [0.5, 0.6) is 0 Å². The van der Waals surface area contributed by atoms with Gasteiger partial charge >= 0.3 is 0 Å². The number of nitrogens with zero attached hydrogens (tertiary/aromatic N) is 2. The third-order valence-corrected chi connectivity index (χ3v) is 3.55. The van der Waals surface area contributed by atoms with Crippen LogP contribution in [-0.4, -0.2) is 29.1 Å². The summed E-state index contributed by atoms with van der Waals surface area (Å²) >= 11 is 1.69. The summed E-state index contributed by atoms with van der Waals surface area (Å²) in [5.74, 6) is 0.976. The SMILES string of the molecule is c1nc(NC2CCNC2)c2sccc2n1. The molecule has 3 rings (SSSR count). The lowest BCUT2D eigenvalue weighted by Gasteiger charge is -2.11. The van der Waals surface area contributed by atoms with Crippen molar-refractivity contribution < 1.29 is 0 Å². The summed E-state index contributed by atoms with van der Waals surface area (Å²) in [7, 11) is 0. The van der Waals surface area contributed by atoms with Crippen molar-refractivity contribution in [3.63, 3.8) is 0 Å². The highest BCUT2D eigenvalue weighted by atomic mass is 32.1. The van der Waals surface area contributed by atoms with Gasteiger partial charge in [0.2, 0.25) is 0 Å². The minimum atomic E-state index is 0.505. The topological polar surface area (TPSA) is 49.8 Å². The van der Waals surface area contributed by atoms with Gasteiger partial charge in [-0.1, -0.05) is 0 Å². The van der Waals surface area contributed by atoms with Crippen LogP contribution in [0.2, 0.25) is 0 Å². The van der Waals surface area contributed by atoms with E-state index in [-0.39, 0.29) is 0 Å². The Morgan fingerprint density at radius 3 is 3.33 bits per heavy atom. The predicted octanol–water partition coefficient (Wildman–Crippen LogP) is 1.47. The lowest BCUT2D eigenvalue weighted by Crippen LogP contribution is -2.22. The predicted molar refractivity (Wildman–Crippen MR) is 62.3 cm³/mol. The maximum atomic E-state index is 4.30. The number of hydrogen-bond acceptors (Lipinski definition) is 5. The molecule has 2 aromatic rings. The first kappa shape index (κ1) is 9.06. The number of rotatable bonds is 2. The Balaban J connectivity index is 1.92. The van der Waals surface area contributed by atoms with Gasteiger partial charge in [-0.2, -0.15) is 0 Å². The fourth-order valence-electron chi connectivity index (χ4n) is 1.86. The summed E-state index contributed by atoms with van der Waals surface area (Å²) in [5, 5.41) is 8.85. The van der Waals surface area contributed by atoms with Crippen LogP contribution in [0, 0.1) is 0 Å². The van der Waals surface area contributed by atoms with Crippen molar-refractivity contribution in [2.24, 2.45) is 0 Å². The van der Waals surface area contributed by atoms with Gasteiger partial charge in [0.25, 0.3) is 0 Å². The van der Waals surface area contributed by atoms with Gasteiger partial charge in [0, 0.05) is 12.6 Å². The average Bonchev–Trinajstić information content (AvgIpc) is 2.87. The molecule has 3 heterocycles.